The Hall–Kier alpha value is -1.32. The number of hydrogen-bond acceptors (Lipinski definition) is 1. The van der Waals surface area contributed by atoms with Crippen LogP contribution in [0.4, 0.5) is 0 Å². The van der Waals surface area contributed by atoms with E-state index in [-0.39, 0.29) is 4.38 Å². The summed E-state index contributed by atoms with van der Waals surface area (Å²) in [7, 11) is -0.804. The van der Waals surface area contributed by atoms with Crippen LogP contribution in [0.5, 0.6) is 0 Å². The number of hydrogen-bond donors (Lipinski definition) is 2. The summed E-state index contributed by atoms with van der Waals surface area (Å²) in [6, 6.07) is 20.1. The fourth-order valence-electron chi connectivity index (χ4n) is 1.64. The van der Waals surface area contributed by atoms with Gasteiger partial charge in [0.25, 0.3) is 0 Å². The van der Waals surface area contributed by atoms with Gasteiger partial charge >= 0.3 is 0 Å². The number of rotatable bonds is 3. The molecular weight excluding hydrogens is 248 g/mol. The molecule has 0 heterocycles. The maximum Gasteiger partial charge on any atom is 0.201 e. The van der Waals surface area contributed by atoms with E-state index >= 15 is 0 Å². The Morgan fingerprint density at radius 2 is 1.47 bits per heavy atom. The first kappa shape index (κ1) is 12.1. The van der Waals surface area contributed by atoms with E-state index in [0.717, 1.165) is 10.6 Å². The molecule has 0 bridgehead atoms. The quantitative estimate of drug-likeness (QED) is 0.642. The first-order chi connectivity index (χ1) is 8.27. The third-order valence-electron chi connectivity index (χ3n) is 2.48. The minimum absolute atomic E-state index is 0.120. The van der Waals surface area contributed by atoms with Gasteiger partial charge in [0.1, 0.15) is 0 Å². The molecule has 0 aliphatic heterocycles. The topological polar surface area (TPSA) is 20.2 Å². The molecule has 0 radical (unpaired) electrons. The van der Waals surface area contributed by atoms with Crippen molar-refractivity contribution in [1.29, 1.82) is 0 Å². The monoisotopic (exact) mass is 262 g/mol. The summed E-state index contributed by atoms with van der Waals surface area (Å²) in [6.07, 6.45) is 0. The van der Waals surface area contributed by atoms with Crippen molar-refractivity contribution in [2.75, 3.05) is 0 Å². The van der Waals surface area contributed by atoms with Crippen LogP contribution in [0.15, 0.2) is 65.6 Å². The standard InChI is InChI=1S/C14H14OS2/c15-14(16)17(13-9-5-2-6-10-13)11-12-7-3-1-4-8-12/h1-10,17H,11H2,(H,15,16). The largest absolute Gasteiger partial charge is 0.495 e. The highest BCUT2D eigenvalue weighted by molar-refractivity contribution is 8.35. The van der Waals surface area contributed by atoms with E-state index in [9.17, 15) is 5.11 Å². The molecule has 1 unspecified atom stereocenters. The van der Waals surface area contributed by atoms with Crippen molar-refractivity contribution >= 4 is 27.5 Å². The van der Waals surface area contributed by atoms with Gasteiger partial charge in [0.05, 0.1) is 0 Å². The molecule has 17 heavy (non-hydrogen) atoms. The molecule has 0 aromatic heterocycles. The summed E-state index contributed by atoms with van der Waals surface area (Å²) in [5.74, 6) is 0.801. The van der Waals surface area contributed by atoms with Crippen molar-refractivity contribution in [2.24, 2.45) is 0 Å². The second kappa shape index (κ2) is 5.84. The van der Waals surface area contributed by atoms with Gasteiger partial charge < -0.3 is 5.11 Å². The Bertz CT molecular complexity index is 482. The molecule has 2 aromatic rings. The van der Waals surface area contributed by atoms with Crippen LogP contribution < -0.4 is 0 Å². The maximum atomic E-state index is 9.69. The maximum absolute atomic E-state index is 9.69. The third-order valence-corrected chi connectivity index (χ3v) is 5.21. The lowest BCUT2D eigenvalue weighted by Gasteiger charge is -2.19. The Kier molecular flexibility index (Phi) is 4.18. The summed E-state index contributed by atoms with van der Waals surface area (Å²) in [5, 5.41) is 9.69. The summed E-state index contributed by atoms with van der Waals surface area (Å²) < 4.78 is 0.120. The Morgan fingerprint density at radius 3 is 2.00 bits per heavy atom. The predicted octanol–water partition coefficient (Wildman–Crippen LogP) is 4.09. The van der Waals surface area contributed by atoms with Crippen molar-refractivity contribution in [3.8, 4) is 0 Å². The molecule has 2 aromatic carbocycles. The smallest absolute Gasteiger partial charge is 0.201 e. The van der Waals surface area contributed by atoms with Crippen molar-refractivity contribution in [3.63, 3.8) is 0 Å². The number of thiocarbonyl (C=S) groups is 1. The minimum Gasteiger partial charge on any atom is -0.495 e. The number of thiol groups is 1. The second-order valence-corrected chi connectivity index (χ2v) is 6.49. The van der Waals surface area contributed by atoms with E-state index < -0.39 is 10.9 Å². The van der Waals surface area contributed by atoms with Crippen molar-refractivity contribution < 1.29 is 5.11 Å². The van der Waals surface area contributed by atoms with Crippen LogP contribution in [0.3, 0.4) is 0 Å². The molecule has 0 fully saturated rings. The molecule has 2 rings (SSSR count). The van der Waals surface area contributed by atoms with Crippen molar-refractivity contribution in [2.45, 2.75) is 10.6 Å². The predicted molar refractivity (Wildman–Crippen MR) is 79.1 cm³/mol. The summed E-state index contributed by atoms with van der Waals surface area (Å²) in [6.45, 7) is 0. The second-order valence-electron chi connectivity index (χ2n) is 3.69. The van der Waals surface area contributed by atoms with Gasteiger partial charge in [-0.05, 0) is 34.8 Å². The van der Waals surface area contributed by atoms with Gasteiger partial charge in [0.2, 0.25) is 4.38 Å². The highest BCUT2D eigenvalue weighted by Gasteiger charge is 2.11. The lowest BCUT2D eigenvalue weighted by atomic mass is 10.2. The minimum atomic E-state index is -0.804. The number of aliphatic hydroxyl groups excluding tert-OH is 1. The molecule has 3 heteroatoms. The zero-order chi connectivity index (χ0) is 12.1. The molecule has 88 valence electrons. The Labute approximate surface area is 109 Å². The van der Waals surface area contributed by atoms with Gasteiger partial charge in [-0.3, -0.25) is 0 Å². The molecule has 0 saturated heterocycles. The number of aliphatic hydroxyl groups is 1. The number of benzene rings is 2. The Balaban J connectivity index is 2.23. The molecule has 0 aliphatic rings. The van der Waals surface area contributed by atoms with E-state index in [2.05, 4.69) is 12.1 Å². The molecule has 0 spiro atoms. The van der Waals surface area contributed by atoms with Crippen LogP contribution in [0.25, 0.3) is 0 Å². The van der Waals surface area contributed by atoms with E-state index in [1.165, 1.54) is 5.56 Å². The fraction of sp³-hybridized carbons (Fsp3) is 0.0714. The van der Waals surface area contributed by atoms with Crippen LogP contribution in [0, 0.1) is 0 Å². The molecule has 0 amide bonds. The molecule has 0 aliphatic carbocycles. The lowest BCUT2D eigenvalue weighted by Crippen LogP contribution is -1.99. The highest BCUT2D eigenvalue weighted by atomic mass is 32.2. The van der Waals surface area contributed by atoms with Gasteiger partial charge in [-0.25, -0.2) is 0 Å². The Morgan fingerprint density at radius 1 is 0.941 bits per heavy atom. The van der Waals surface area contributed by atoms with Gasteiger partial charge in [-0.15, -0.1) is 0 Å². The van der Waals surface area contributed by atoms with Gasteiger partial charge in [0, 0.05) is 5.75 Å². The average molecular weight is 262 g/mol. The van der Waals surface area contributed by atoms with E-state index in [1.54, 1.807) is 0 Å². The SMILES string of the molecule is OC(=S)[SH](Cc1ccccc1)c1ccccc1. The van der Waals surface area contributed by atoms with Crippen molar-refractivity contribution in [1.82, 2.24) is 0 Å². The van der Waals surface area contributed by atoms with Gasteiger partial charge in [-0.1, -0.05) is 48.5 Å². The van der Waals surface area contributed by atoms with E-state index in [0.29, 0.717) is 0 Å². The van der Waals surface area contributed by atoms with Crippen LogP contribution >= 0.6 is 23.1 Å². The normalized spacial score (nSPS) is 13.1. The summed E-state index contributed by atoms with van der Waals surface area (Å²) >= 11 is 4.98. The average Bonchev–Trinajstić information content (AvgIpc) is 2.38. The van der Waals surface area contributed by atoms with Gasteiger partial charge in [-0.2, -0.15) is 10.9 Å². The summed E-state index contributed by atoms with van der Waals surface area (Å²) in [5.41, 5.74) is 1.21. The first-order valence-electron chi connectivity index (χ1n) is 5.37. The van der Waals surface area contributed by atoms with Crippen molar-refractivity contribution in [3.05, 3.63) is 66.2 Å². The molecular formula is C14H14OS2. The van der Waals surface area contributed by atoms with Gasteiger partial charge in [0.15, 0.2) is 0 Å². The zero-order valence-electron chi connectivity index (χ0n) is 9.28. The van der Waals surface area contributed by atoms with Crippen LogP contribution in [0.1, 0.15) is 5.56 Å². The summed E-state index contributed by atoms with van der Waals surface area (Å²) in [4.78, 5) is 1.12. The van der Waals surface area contributed by atoms with E-state index in [4.69, 9.17) is 12.2 Å². The third kappa shape index (κ3) is 3.32. The highest BCUT2D eigenvalue weighted by Crippen LogP contribution is 2.40. The van der Waals surface area contributed by atoms with E-state index in [1.807, 2.05) is 48.5 Å². The fourth-order valence-corrected chi connectivity index (χ4v) is 3.80. The molecule has 1 nitrogen and oxygen atoms in total. The molecule has 1 N–H and O–H groups in total. The first-order valence-corrected chi connectivity index (χ1v) is 7.30. The van der Waals surface area contributed by atoms with Crippen LogP contribution in [0.2, 0.25) is 0 Å². The van der Waals surface area contributed by atoms with Crippen LogP contribution in [-0.4, -0.2) is 9.49 Å². The lowest BCUT2D eigenvalue weighted by molar-refractivity contribution is 0.584. The zero-order valence-corrected chi connectivity index (χ0v) is 11.0. The van der Waals surface area contributed by atoms with Crippen LogP contribution in [-0.2, 0) is 5.75 Å². The molecule has 1 atom stereocenters. The molecule has 0 saturated carbocycles.